The fourth-order valence-electron chi connectivity index (χ4n) is 4.11. The molecule has 0 aromatic carbocycles. The maximum absolute atomic E-state index is 12.0. The van der Waals surface area contributed by atoms with Crippen LogP contribution in [0.3, 0.4) is 0 Å². The van der Waals surface area contributed by atoms with Crippen LogP contribution in [0, 0.1) is 0 Å². The highest BCUT2D eigenvalue weighted by Crippen LogP contribution is 2.12. The van der Waals surface area contributed by atoms with Gasteiger partial charge < -0.3 is 15.2 Å². The maximum Gasteiger partial charge on any atom is 0.322 e. The third kappa shape index (κ3) is 27.6. The van der Waals surface area contributed by atoms with Crippen LogP contribution >= 0.6 is 12.4 Å². The molecule has 0 aromatic heterocycles. The summed E-state index contributed by atoms with van der Waals surface area (Å²) in [5, 5.41) is 0. The molecule has 0 aromatic rings. The van der Waals surface area contributed by atoms with Gasteiger partial charge in [-0.3, -0.25) is 9.59 Å². The summed E-state index contributed by atoms with van der Waals surface area (Å²) in [5.74, 6) is -0.674. The van der Waals surface area contributed by atoms with Crippen LogP contribution in [-0.2, 0) is 19.1 Å². The quantitative estimate of drug-likeness (QED) is 0.0915. The predicted octanol–water partition coefficient (Wildman–Crippen LogP) is 8.44. The van der Waals surface area contributed by atoms with E-state index in [9.17, 15) is 9.59 Å². The molecule has 0 amide bonds. The van der Waals surface area contributed by atoms with Crippen LogP contribution in [0.4, 0.5) is 0 Å². The van der Waals surface area contributed by atoms with Gasteiger partial charge in [-0.25, -0.2) is 0 Å². The van der Waals surface area contributed by atoms with Crippen molar-refractivity contribution >= 4 is 24.3 Å². The lowest BCUT2D eigenvalue weighted by molar-refractivity contribution is -0.146. The van der Waals surface area contributed by atoms with Crippen molar-refractivity contribution in [1.29, 1.82) is 0 Å². The minimum atomic E-state index is -0.743. The Balaban J connectivity index is 0. The first-order chi connectivity index (χ1) is 16.6. The van der Waals surface area contributed by atoms with Gasteiger partial charge in [0, 0.05) is 6.42 Å². The number of carbonyl (C=O) groups is 2. The van der Waals surface area contributed by atoms with Crippen LogP contribution in [0.15, 0.2) is 0 Å². The van der Waals surface area contributed by atoms with Gasteiger partial charge >= 0.3 is 11.9 Å². The number of halogens is 1. The Morgan fingerprint density at radius 1 is 0.571 bits per heavy atom. The second kappa shape index (κ2) is 29.4. The van der Waals surface area contributed by atoms with Gasteiger partial charge in [0.25, 0.3) is 0 Å². The fourth-order valence-corrected chi connectivity index (χ4v) is 4.11. The highest BCUT2D eigenvalue weighted by atomic mass is 35.5. The summed E-state index contributed by atoms with van der Waals surface area (Å²) in [7, 11) is 0. The summed E-state index contributed by atoms with van der Waals surface area (Å²) in [4.78, 5) is 23.8. The van der Waals surface area contributed by atoms with Gasteiger partial charge in [0.05, 0.1) is 13.2 Å². The molecule has 35 heavy (non-hydrogen) atoms. The van der Waals surface area contributed by atoms with E-state index < -0.39 is 12.0 Å². The van der Waals surface area contributed by atoms with Crippen LogP contribution in [0.2, 0.25) is 0 Å². The van der Waals surface area contributed by atoms with Crippen molar-refractivity contribution in [3.63, 3.8) is 0 Å². The second-order valence-electron chi connectivity index (χ2n) is 9.90. The topological polar surface area (TPSA) is 78.6 Å². The summed E-state index contributed by atoms with van der Waals surface area (Å²) >= 11 is 0. The van der Waals surface area contributed by atoms with Gasteiger partial charge in [0.2, 0.25) is 0 Å². The summed E-state index contributed by atoms with van der Waals surface area (Å²) in [6.45, 7) is 5.38. The SMILES string of the molecule is CCCCCCCCCCCCOC(=O)CC[C@H](N)C(=O)OCCCCCCCCCCCC.Cl. The van der Waals surface area contributed by atoms with Crippen LogP contribution < -0.4 is 5.73 Å². The van der Waals surface area contributed by atoms with E-state index >= 15 is 0 Å². The van der Waals surface area contributed by atoms with Gasteiger partial charge in [0.15, 0.2) is 0 Å². The molecule has 0 heterocycles. The standard InChI is InChI=1S/C29H57NO4.ClH/c1-3-5-7-9-11-13-15-17-19-21-25-33-28(31)24-23-27(30)29(32)34-26-22-20-18-16-14-12-10-8-6-4-2;/h27H,3-26,30H2,1-2H3;1H/t27-;/m0./s1. The van der Waals surface area contributed by atoms with Crippen molar-refractivity contribution in [2.45, 2.75) is 161 Å². The van der Waals surface area contributed by atoms with Gasteiger partial charge in [-0.1, -0.05) is 129 Å². The minimum absolute atomic E-state index is 0. The minimum Gasteiger partial charge on any atom is -0.466 e. The van der Waals surface area contributed by atoms with E-state index in [4.69, 9.17) is 15.2 Å². The number of nitrogens with two attached hydrogens (primary N) is 1. The van der Waals surface area contributed by atoms with E-state index in [1.165, 1.54) is 103 Å². The molecular weight excluding hydrogens is 462 g/mol. The van der Waals surface area contributed by atoms with E-state index in [0.717, 1.165) is 25.7 Å². The second-order valence-corrected chi connectivity index (χ2v) is 9.90. The molecule has 0 fully saturated rings. The highest BCUT2D eigenvalue weighted by Gasteiger charge is 2.17. The van der Waals surface area contributed by atoms with Crippen molar-refractivity contribution in [1.82, 2.24) is 0 Å². The van der Waals surface area contributed by atoms with Crippen molar-refractivity contribution in [2.24, 2.45) is 5.73 Å². The zero-order chi connectivity index (χ0) is 25.1. The third-order valence-electron chi connectivity index (χ3n) is 6.47. The van der Waals surface area contributed by atoms with E-state index in [1.54, 1.807) is 0 Å². The molecule has 6 heteroatoms. The zero-order valence-electron chi connectivity index (χ0n) is 23.2. The van der Waals surface area contributed by atoms with Crippen molar-refractivity contribution in [3.05, 3.63) is 0 Å². The third-order valence-corrected chi connectivity index (χ3v) is 6.47. The molecule has 2 N–H and O–H groups in total. The molecule has 0 spiro atoms. The summed E-state index contributed by atoms with van der Waals surface area (Å²) in [5.41, 5.74) is 5.87. The Kier molecular flexibility index (Phi) is 30.6. The average molecular weight is 520 g/mol. The molecule has 0 saturated carbocycles. The van der Waals surface area contributed by atoms with Crippen molar-refractivity contribution < 1.29 is 19.1 Å². The Morgan fingerprint density at radius 2 is 0.914 bits per heavy atom. The first-order valence-corrected chi connectivity index (χ1v) is 14.7. The fraction of sp³-hybridized carbons (Fsp3) is 0.931. The molecule has 0 rings (SSSR count). The van der Waals surface area contributed by atoms with Crippen molar-refractivity contribution in [2.75, 3.05) is 13.2 Å². The van der Waals surface area contributed by atoms with Crippen LogP contribution in [-0.4, -0.2) is 31.2 Å². The van der Waals surface area contributed by atoms with Crippen LogP contribution in [0.25, 0.3) is 0 Å². The number of hydrogen-bond acceptors (Lipinski definition) is 5. The first-order valence-electron chi connectivity index (χ1n) is 14.7. The maximum atomic E-state index is 12.0. The molecule has 0 aliphatic carbocycles. The van der Waals surface area contributed by atoms with Gasteiger partial charge in [0.1, 0.15) is 6.04 Å². The normalized spacial score (nSPS) is 11.6. The summed E-state index contributed by atoms with van der Waals surface area (Å²) in [6.07, 6.45) is 25.5. The van der Waals surface area contributed by atoms with E-state index in [2.05, 4.69) is 13.8 Å². The number of hydrogen-bond donors (Lipinski definition) is 1. The van der Waals surface area contributed by atoms with Crippen LogP contribution in [0.1, 0.15) is 155 Å². The smallest absolute Gasteiger partial charge is 0.322 e. The largest absolute Gasteiger partial charge is 0.466 e. The lowest BCUT2D eigenvalue weighted by Crippen LogP contribution is -2.33. The Labute approximate surface area is 223 Å². The first kappa shape index (κ1) is 36.3. The number of rotatable bonds is 26. The van der Waals surface area contributed by atoms with E-state index in [-0.39, 0.29) is 31.2 Å². The Bertz CT molecular complexity index is 462. The number of carbonyl (C=O) groups excluding carboxylic acids is 2. The average Bonchev–Trinajstić information content (AvgIpc) is 2.84. The molecule has 1 atom stereocenters. The Hall–Kier alpha value is -0.810. The number of unbranched alkanes of at least 4 members (excludes halogenated alkanes) is 18. The van der Waals surface area contributed by atoms with Crippen LogP contribution in [0.5, 0.6) is 0 Å². The highest BCUT2D eigenvalue weighted by molar-refractivity contribution is 5.85. The summed E-state index contributed by atoms with van der Waals surface area (Å²) in [6, 6.07) is -0.743. The molecule has 0 aliphatic heterocycles. The molecular formula is C29H58ClNO4. The summed E-state index contributed by atoms with van der Waals surface area (Å²) < 4.78 is 10.5. The molecule has 0 radical (unpaired) electrons. The number of esters is 2. The molecule has 210 valence electrons. The number of ether oxygens (including phenoxy) is 2. The lowest BCUT2D eigenvalue weighted by Gasteiger charge is -2.11. The molecule has 5 nitrogen and oxygen atoms in total. The molecule has 0 bridgehead atoms. The zero-order valence-corrected chi connectivity index (χ0v) is 24.0. The van der Waals surface area contributed by atoms with Crippen molar-refractivity contribution in [3.8, 4) is 0 Å². The van der Waals surface area contributed by atoms with Gasteiger partial charge in [-0.2, -0.15) is 0 Å². The van der Waals surface area contributed by atoms with Gasteiger partial charge in [-0.15, -0.1) is 12.4 Å². The van der Waals surface area contributed by atoms with E-state index in [1.807, 2.05) is 0 Å². The lowest BCUT2D eigenvalue weighted by atomic mass is 10.1. The molecule has 0 unspecified atom stereocenters. The van der Waals surface area contributed by atoms with E-state index in [0.29, 0.717) is 13.2 Å². The monoisotopic (exact) mass is 519 g/mol. The molecule has 0 saturated heterocycles. The predicted molar refractivity (Wildman–Crippen MR) is 150 cm³/mol. The Morgan fingerprint density at radius 3 is 1.31 bits per heavy atom. The molecule has 0 aliphatic rings. The van der Waals surface area contributed by atoms with Gasteiger partial charge in [-0.05, 0) is 19.3 Å².